The predicted molar refractivity (Wildman–Crippen MR) is 88.5 cm³/mol. The van der Waals surface area contributed by atoms with E-state index >= 15 is 0 Å². The summed E-state index contributed by atoms with van der Waals surface area (Å²) in [7, 11) is 1.54. The smallest absolute Gasteiger partial charge is 0.423 e. The first-order chi connectivity index (χ1) is 11.9. The summed E-state index contributed by atoms with van der Waals surface area (Å²) in [4.78, 5) is 9.58. The lowest BCUT2D eigenvalue weighted by atomic mass is 10.2. The number of ether oxygens (including phenoxy) is 2. The second kappa shape index (κ2) is 8.04. The van der Waals surface area contributed by atoms with Crippen molar-refractivity contribution < 1.29 is 22.6 Å². The maximum atomic E-state index is 13.1. The Morgan fingerprint density at radius 1 is 1.20 bits per heavy atom. The summed E-state index contributed by atoms with van der Waals surface area (Å²) in [5, 5.41) is 0. The molecule has 0 aliphatic carbocycles. The van der Waals surface area contributed by atoms with E-state index in [0.717, 1.165) is 6.20 Å². The zero-order valence-electron chi connectivity index (χ0n) is 14.3. The molecule has 0 saturated heterocycles. The van der Waals surface area contributed by atoms with E-state index in [2.05, 4.69) is 9.97 Å². The van der Waals surface area contributed by atoms with Gasteiger partial charge < -0.3 is 14.4 Å². The van der Waals surface area contributed by atoms with Gasteiger partial charge in [-0.25, -0.2) is 4.98 Å². The van der Waals surface area contributed by atoms with E-state index in [4.69, 9.17) is 9.47 Å². The van der Waals surface area contributed by atoms with Crippen LogP contribution >= 0.6 is 0 Å². The van der Waals surface area contributed by atoms with Crippen LogP contribution in [-0.2, 0) is 6.18 Å². The number of aromatic nitrogens is 2. The van der Waals surface area contributed by atoms with Crippen LogP contribution < -0.4 is 14.4 Å². The molecule has 0 amide bonds. The van der Waals surface area contributed by atoms with E-state index < -0.39 is 17.6 Å². The van der Waals surface area contributed by atoms with Gasteiger partial charge in [0.1, 0.15) is 11.3 Å². The third-order valence-electron chi connectivity index (χ3n) is 3.41. The highest BCUT2D eigenvalue weighted by molar-refractivity contribution is 5.59. The Balaban J connectivity index is 2.45. The molecule has 0 atom stereocenters. The van der Waals surface area contributed by atoms with Crippen LogP contribution in [0.5, 0.6) is 11.6 Å². The van der Waals surface area contributed by atoms with Crippen molar-refractivity contribution in [3.05, 3.63) is 36.0 Å². The Morgan fingerprint density at radius 3 is 2.56 bits per heavy atom. The molecule has 0 fully saturated rings. The summed E-state index contributed by atoms with van der Waals surface area (Å²) in [6.45, 7) is 4.27. The number of methoxy groups -OCH3 is 1. The monoisotopic (exact) mass is 355 g/mol. The van der Waals surface area contributed by atoms with Crippen molar-refractivity contribution in [2.75, 3.05) is 25.2 Å². The third-order valence-corrected chi connectivity index (χ3v) is 3.41. The second-order valence-electron chi connectivity index (χ2n) is 5.18. The van der Waals surface area contributed by atoms with E-state index in [1.54, 1.807) is 36.3 Å². The molecule has 0 saturated carbocycles. The van der Waals surface area contributed by atoms with Gasteiger partial charge in [-0.1, -0.05) is 13.0 Å². The molecule has 0 N–H and O–H groups in total. The molecule has 8 heteroatoms. The lowest BCUT2D eigenvalue weighted by molar-refractivity contribution is -0.139. The van der Waals surface area contributed by atoms with Gasteiger partial charge in [-0.3, -0.25) is 0 Å². The van der Waals surface area contributed by atoms with Gasteiger partial charge in [0.05, 0.1) is 13.7 Å². The number of alkyl halides is 3. The van der Waals surface area contributed by atoms with Crippen LogP contribution in [0.25, 0.3) is 0 Å². The molecule has 2 rings (SSSR count). The molecule has 1 aromatic heterocycles. The van der Waals surface area contributed by atoms with Gasteiger partial charge in [0.15, 0.2) is 0 Å². The molecule has 0 bridgehead atoms. The molecule has 1 heterocycles. The van der Waals surface area contributed by atoms with Gasteiger partial charge in [0.2, 0.25) is 11.8 Å². The van der Waals surface area contributed by atoms with E-state index in [-0.39, 0.29) is 12.6 Å². The number of anilines is 2. The molecule has 5 nitrogen and oxygen atoms in total. The Labute approximate surface area is 144 Å². The highest BCUT2D eigenvalue weighted by atomic mass is 19.4. The Bertz CT molecular complexity index is 708. The molecule has 0 aliphatic rings. The van der Waals surface area contributed by atoms with Crippen molar-refractivity contribution in [2.24, 2.45) is 0 Å². The average molecular weight is 355 g/mol. The first kappa shape index (κ1) is 18.8. The maximum Gasteiger partial charge on any atom is 0.423 e. The lowest BCUT2D eigenvalue weighted by Crippen LogP contribution is -2.21. The molecule has 2 aromatic rings. The highest BCUT2D eigenvalue weighted by Gasteiger charge is 2.36. The van der Waals surface area contributed by atoms with Crippen LogP contribution in [0.4, 0.5) is 24.8 Å². The van der Waals surface area contributed by atoms with Crippen LogP contribution in [0.15, 0.2) is 30.5 Å². The van der Waals surface area contributed by atoms with Gasteiger partial charge in [0, 0.05) is 24.5 Å². The van der Waals surface area contributed by atoms with Crippen molar-refractivity contribution in [1.29, 1.82) is 0 Å². The predicted octanol–water partition coefficient (Wildman–Crippen LogP) is 4.45. The Hall–Kier alpha value is -2.51. The molecule has 0 unspecified atom stereocenters. The van der Waals surface area contributed by atoms with Crippen LogP contribution in [0.3, 0.4) is 0 Å². The fourth-order valence-electron chi connectivity index (χ4n) is 2.21. The molecular formula is C17H20F3N3O2. The van der Waals surface area contributed by atoms with Crippen molar-refractivity contribution in [1.82, 2.24) is 9.97 Å². The summed E-state index contributed by atoms with van der Waals surface area (Å²) in [5.41, 5.74) is -0.269. The van der Waals surface area contributed by atoms with Gasteiger partial charge in [-0.15, -0.1) is 0 Å². The fourth-order valence-corrected chi connectivity index (χ4v) is 2.21. The zero-order chi connectivity index (χ0) is 18.4. The molecule has 0 aliphatic heterocycles. The zero-order valence-corrected chi connectivity index (χ0v) is 14.3. The SMILES string of the molecule is CCCOc1nc(N(CC)c2cccc(OC)c2)ncc1C(F)(F)F. The van der Waals surface area contributed by atoms with Gasteiger partial charge in [-0.05, 0) is 25.5 Å². The van der Waals surface area contributed by atoms with E-state index in [1.807, 2.05) is 13.8 Å². The third kappa shape index (κ3) is 4.52. The van der Waals surface area contributed by atoms with Crippen molar-refractivity contribution in [3.63, 3.8) is 0 Å². The minimum Gasteiger partial charge on any atom is -0.497 e. The first-order valence-corrected chi connectivity index (χ1v) is 7.89. The van der Waals surface area contributed by atoms with Crippen LogP contribution in [0.1, 0.15) is 25.8 Å². The van der Waals surface area contributed by atoms with Crippen LogP contribution in [0, 0.1) is 0 Å². The van der Waals surface area contributed by atoms with Gasteiger partial charge in [-0.2, -0.15) is 18.2 Å². The normalized spacial score (nSPS) is 11.3. The Kier molecular flexibility index (Phi) is 6.06. The van der Waals surface area contributed by atoms with Crippen LogP contribution in [0.2, 0.25) is 0 Å². The molecule has 0 spiro atoms. The van der Waals surface area contributed by atoms with Crippen molar-refractivity contribution >= 4 is 11.6 Å². The number of rotatable bonds is 7. The quantitative estimate of drug-likeness (QED) is 0.734. The summed E-state index contributed by atoms with van der Waals surface area (Å²) in [6.07, 6.45) is -3.24. The van der Waals surface area contributed by atoms with E-state index in [1.165, 1.54) is 0 Å². The molecule has 1 aromatic carbocycles. The molecule has 0 radical (unpaired) electrons. The summed E-state index contributed by atoms with van der Waals surface area (Å²) in [6, 6.07) is 7.13. The topological polar surface area (TPSA) is 47.5 Å². The largest absolute Gasteiger partial charge is 0.497 e. The fraction of sp³-hybridized carbons (Fsp3) is 0.412. The summed E-state index contributed by atoms with van der Waals surface area (Å²) >= 11 is 0. The van der Waals surface area contributed by atoms with E-state index in [9.17, 15) is 13.2 Å². The first-order valence-electron chi connectivity index (χ1n) is 7.89. The van der Waals surface area contributed by atoms with Gasteiger partial charge in [0.25, 0.3) is 0 Å². The van der Waals surface area contributed by atoms with Crippen molar-refractivity contribution in [2.45, 2.75) is 26.4 Å². The molecule has 25 heavy (non-hydrogen) atoms. The number of halogens is 3. The number of hydrogen-bond donors (Lipinski definition) is 0. The maximum absolute atomic E-state index is 13.1. The molecular weight excluding hydrogens is 335 g/mol. The minimum atomic E-state index is -4.57. The number of benzene rings is 1. The lowest BCUT2D eigenvalue weighted by Gasteiger charge is -2.22. The number of hydrogen-bond acceptors (Lipinski definition) is 5. The Morgan fingerprint density at radius 2 is 1.96 bits per heavy atom. The standard InChI is InChI=1S/C17H20F3N3O2/c1-4-9-25-15-14(17(18,19)20)11-21-16(22-15)23(5-2)12-7-6-8-13(10-12)24-3/h6-8,10-11H,4-5,9H2,1-3H3. The van der Waals surface area contributed by atoms with E-state index in [0.29, 0.717) is 24.4 Å². The molecule has 136 valence electrons. The summed E-state index contributed by atoms with van der Waals surface area (Å²) in [5.74, 6) is 0.306. The highest BCUT2D eigenvalue weighted by Crippen LogP contribution is 2.36. The van der Waals surface area contributed by atoms with Gasteiger partial charge >= 0.3 is 6.18 Å². The number of nitrogens with zero attached hydrogens (tertiary/aromatic N) is 3. The summed E-state index contributed by atoms with van der Waals surface area (Å²) < 4.78 is 49.8. The van der Waals surface area contributed by atoms with Crippen molar-refractivity contribution in [3.8, 4) is 11.6 Å². The second-order valence-corrected chi connectivity index (χ2v) is 5.18. The van der Waals surface area contributed by atoms with Crippen LogP contribution in [-0.4, -0.2) is 30.2 Å². The average Bonchev–Trinajstić information content (AvgIpc) is 2.60. The minimum absolute atomic E-state index is 0.134.